The quantitative estimate of drug-likeness (QED) is 0.876. The monoisotopic (exact) mass is 303 g/mol. The van der Waals surface area contributed by atoms with Crippen molar-refractivity contribution in [2.75, 3.05) is 32.8 Å². The van der Waals surface area contributed by atoms with Gasteiger partial charge in [0.2, 0.25) is 0 Å². The van der Waals surface area contributed by atoms with Gasteiger partial charge in [-0.1, -0.05) is 23.2 Å². The number of likely N-dealkylation sites (tertiary alicyclic amines) is 1. The summed E-state index contributed by atoms with van der Waals surface area (Å²) < 4.78 is 5.67. The first-order valence-corrected chi connectivity index (χ1v) is 7.35. The Kier molecular flexibility index (Phi) is 5.76. The van der Waals surface area contributed by atoms with E-state index in [4.69, 9.17) is 33.0 Å². The van der Waals surface area contributed by atoms with Crippen LogP contribution in [0.5, 0.6) is 5.75 Å². The lowest BCUT2D eigenvalue weighted by molar-refractivity contribution is 0.222. The number of rotatable bonds is 6. The number of benzene rings is 1. The molecule has 1 fully saturated rings. The predicted octanol–water partition coefficient (Wildman–Crippen LogP) is 3.08. The van der Waals surface area contributed by atoms with Crippen LogP contribution in [0, 0.1) is 5.92 Å². The molecule has 2 rings (SSSR count). The van der Waals surface area contributed by atoms with Gasteiger partial charge in [0.05, 0.1) is 5.02 Å². The van der Waals surface area contributed by atoms with E-state index in [-0.39, 0.29) is 6.61 Å². The summed E-state index contributed by atoms with van der Waals surface area (Å²) in [5.41, 5.74) is 0. The topological polar surface area (TPSA) is 32.7 Å². The molecule has 3 nitrogen and oxygen atoms in total. The van der Waals surface area contributed by atoms with E-state index in [1.165, 1.54) is 6.42 Å². The zero-order chi connectivity index (χ0) is 13.7. The van der Waals surface area contributed by atoms with Gasteiger partial charge < -0.3 is 9.84 Å². The van der Waals surface area contributed by atoms with Crippen molar-refractivity contribution < 1.29 is 9.84 Å². The van der Waals surface area contributed by atoms with Crippen LogP contribution >= 0.6 is 23.2 Å². The van der Waals surface area contributed by atoms with E-state index >= 15 is 0 Å². The van der Waals surface area contributed by atoms with Crippen LogP contribution in [-0.2, 0) is 0 Å². The van der Waals surface area contributed by atoms with Crippen LogP contribution in [0.1, 0.15) is 12.8 Å². The molecule has 0 spiro atoms. The van der Waals surface area contributed by atoms with Crippen molar-refractivity contribution in [1.29, 1.82) is 0 Å². The molecule has 0 amide bonds. The Bertz CT molecular complexity index is 414. The molecule has 19 heavy (non-hydrogen) atoms. The largest absolute Gasteiger partial charge is 0.491 e. The highest BCUT2D eigenvalue weighted by Crippen LogP contribution is 2.27. The molecule has 1 heterocycles. The van der Waals surface area contributed by atoms with Crippen molar-refractivity contribution in [2.24, 2.45) is 5.92 Å². The maximum atomic E-state index is 8.92. The minimum atomic E-state index is 0.287. The Morgan fingerprint density at radius 2 is 2.21 bits per heavy atom. The molecule has 0 bridgehead atoms. The summed E-state index contributed by atoms with van der Waals surface area (Å²) in [7, 11) is 0. The van der Waals surface area contributed by atoms with E-state index in [1.54, 1.807) is 18.2 Å². The molecule has 0 aromatic heterocycles. The van der Waals surface area contributed by atoms with Crippen LogP contribution in [0.2, 0.25) is 10.0 Å². The summed E-state index contributed by atoms with van der Waals surface area (Å²) in [6.07, 6.45) is 2.07. The van der Waals surface area contributed by atoms with Gasteiger partial charge in [-0.3, -0.25) is 4.90 Å². The average Bonchev–Trinajstić information content (AvgIpc) is 2.80. The zero-order valence-corrected chi connectivity index (χ0v) is 12.3. The molecule has 1 N–H and O–H groups in total. The van der Waals surface area contributed by atoms with E-state index in [1.807, 2.05) is 0 Å². The number of aliphatic hydroxyl groups is 1. The number of hydrogen-bond donors (Lipinski definition) is 1. The van der Waals surface area contributed by atoms with Gasteiger partial charge in [-0.05, 0) is 43.5 Å². The summed E-state index contributed by atoms with van der Waals surface area (Å²) in [6, 6.07) is 5.25. The van der Waals surface area contributed by atoms with Gasteiger partial charge in [-0.25, -0.2) is 0 Å². The molecule has 0 radical (unpaired) electrons. The second kappa shape index (κ2) is 7.34. The highest BCUT2D eigenvalue weighted by molar-refractivity contribution is 6.35. The van der Waals surface area contributed by atoms with E-state index in [9.17, 15) is 0 Å². The Morgan fingerprint density at radius 1 is 1.37 bits per heavy atom. The van der Waals surface area contributed by atoms with Crippen LogP contribution in [0.3, 0.4) is 0 Å². The molecule has 1 atom stereocenters. The van der Waals surface area contributed by atoms with E-state index in [0.717, 1.165) is 26.1 Å². The van der Waals surface area contributed by atoms with Crippen molar-refractivity contribution in [3.8, 4) is 5.75 Å². The van der Waals surface area contributed by atoms with E-state index in [0.29, 0.717) is 28.3 Å². The maximum Gasteiger partial charge on any atom is 0.138 e. The first kappa shape index (κ1) is 14.9. The maximum absolute atomic E-state index is 8.92. The van der Waals surface area contributed by atoms with E-state index in [2.05, 4.69) is 4.90 Å². The van der Waals surface area contributed by atoms with Crippen molar-refractivity contribution in [3.05, 3.63) is 28.2 Å². The molecule has 1 aromatic carbocycles. The average molecular weight is 304 g/mol. The van der Waals surface area contributed by atoms with Crippen LogP contribution in [0.4, 0.5) is 0 Å². The van der Waals surface area contributed by atoms with Crippen LogP contribution in [-0.4, -0.2) is 42.9 Å². The number of halogens is 2. The number of hydrogen-bond acceptors (Lipinski definition) is 3. The molecule has 0 aliphatic carbocycles. The summed E-state index contributed by atoms with van der Waals surface area (Å²) in [4.78, 5) is 2.37. The van der Waals surface area contributed by atoms with Crippen LogP contribution in [0.15, 0.2) is 18.2 Å². The molecular formula is C14H19Cl2NO2. The highest BCUT2D eigenvalue weighted by Gasteiger charge is 2.21. The minimum Gasteiger partial charge on any atom is -0.491 e. The number of aliphatic hydroxyl groups excluding tert-OH is 1. The Hall–Kier alpha value is -0.480. The van der Waals surface area contributed by atoms with Crippen LogP contribution < -0.4 is 4.74 Å². The van der Waals surface area contributed by atoms with Gasteiger partial charge in [0, 0.05) is 24.7 Å². The molecule has 1 aliphatic rings. The van der Waals surface area contributed by atoms with Gasteiger partial charge in [0.15, 0.2) is 0 Å². The first-order valence-electron chi connectivity index (χ1n) is 6.60. The SMILES string of the molecule is OCCC1CCN(CCOc2ccc(Cl)cc2Cl)C1. The molecule has 5 heteroatoms. The minimum absolute atomic E-state index is 0.287. The third-order valence-corrected chi connectivity index (χ3v) is 4.00. The fraction of sp³-hybridized carbons (Fsp3) is 0.571. The fourth-order valence-electron chi connectivity index (χ4n) is 2.41. The zero-order valence-electron chi connectivity index (χ0n) is 10.8. The van der Waals surface area contributed by atoms with Gasteiger partial charge in [0.1, 0.15) is 12.4 Å². The third-order valence-electron chi connectivity index (χ3n) is 3.47. The van der Waals surface area contributed by atoms with Crippen LogP contribution in [0.25, 0.3) is 0 Å². The standard InChI is InChI=1S/C14H19Cl2NO2/c15-12-1-2-14(13(16)9-12)19-8-6-17-5-3-11(10-17)4-7-18/h1-2,9,11,18H,3-8,10H2. The molecule has 1 aromatic rings. The molecule has 0 saturated carbocycles. The normalized spacial score (nSPS) is 19.8. The number of nitrogens with zero attached hydrogens (tertiary/aromatic N) is 1. The Labute approximate surface area is 124 Å². The van der Waals surface area contributed by atoms with Crippen molar-refractivity contribution in [1.82, 2.24) is 4.90 Å². The van der Waals surface area contributed by atoms with E-state index < -0.39 is 0 Å². The molecule has 1 aliphatic heterocycles. The van der Waals surface area contributed by atoms with Crippen molar-refractivity contribution in [2.45, 2.75) is 12.8 Å². The highest BCUT2D eigenvalue weighted by atomic mass is 35.5. The fourth-order valence-corrected chi connectivity index (χ4v) is 2.87. The second-order valence-electron chi connectivity index (χ2n) is 4.89. The van der Waals surface area contributed by atoms with Crippen molar-refractivity contribution >= 4 is 23.2 Å². The number of ether oxygens (including phenoxy) is 1. The summed E-state index contributed by atoms with van der Waals surface area (Å²) in [6.45, 7) is 3.93. The molecule has 1 saturated heterocycles. The lowest BCUT2D eigenvalue weighted by atomic mass is 10.1. The summed E-state index contributed by atoms with van der Waals surface area (Å²) in [5.74, 6) is 1.31. The molecule has 106 valence electrons. The Morgan fingerprint density at radius 3 is 2.95 bits per heavy atom. The summed E-state index contributed by atoms with van der Waals surface area (Å²) in [5, 5.41) is 10.1. The smallest absolute Gasteiger partial charge is 0.138 e. The predicted molar refractivity (Wildman–Crippen MR) is 78.2 cm³/mol. The molecular weight excluding hydrogens is 285 g/mol. The lowest BCUT2D eigenvalue weighted by Gasteiger charge is -2.16. The third kappa shape index (κ3) is 4.53. The lowest BCUT2D eigenvalue weighted by Crippen LogP contribution is -2.26. The van der Waals surface area contributed by atoms with Gasteiger partial charge in [0.25, 0.3) is 0 Å². The first-order chi connectivity index (χ1) is 9.19. The van der Waals surface area contributed by atoms with Crippen molar-refractivity contribution in [3.63, 3.8) is 0 Å². The van der Waals surface area contributed by atoms with Gasteiger partial charge in [-0.15, -0.1) is 0 Å². The second-order valence-corrected chi connectivity index (χ2v) is 5.73. The Balaban J connectivity index is 1.72. The molecule has 1 unspecified atom stereocenters. The van der Waals surface area contributed by atoms with Gasteiger partial charge >= 0.3 is 0 Å². The van der Waals surface area contributed by atoms with Gasteiger partial charge in [-0.2, -0.15) is 0 Å². The summed E-state index contributed by atoms with van der Waals surface area (Å²) >= 11 is 11.9.